The Labute approximate surface area is 171 Å². The van der Waals surface area contributed by atoms with Gasteiger partial charge in [-0.15, -0.1) is 0 Å². The first-order valence-electron chi connectivity index (χ1n) is 10.1. The van der Waals surface area contributed by atoms with Gasteiger partial charge in [-0.2, -0.15) is 0 Å². The van der Waals surface area contributed by atoms with Gasteiger partial charge in [0.05, 0.1) is 6.61 Å². The van der Waals surface area contributed by atoms with Crippen LogP contribution in [0.25, 0.3) is 0 Å². The average Bonchev–Trinajstić information content (AvgIpc) is 3.13. The van der Waals surface area contributed by atoms with E-state index in [-0.39, 0.29) is 24.2 Å². The molecule has 29 heavy (non-hydrogen) atoms. The number of ether oxygens (including phenoxy) is 1. The summed E-state index contributed by atoms with van der Waals surface area (Å²) in [5, 5.41) is 0. The SMILES string of the molecule is O=C1C[C@@H](c2ccccc2)[C@H](c2ccccc2)[C@@H]1C(=O)OCCc1ccccc1. The van der Waals surface area contributed by atoms with Gasteiger partial charge in [-0.05, 0) is 22.6 Å². The zero-order valence-corrected chi connectivity index (χ0v) is 16.2. The summed E-state index contributed by atoms with van der Waals surface area (Å²) in [6, 6.07) is 29.8. The Morgan fingerprint density at radius 3 is 1.97 bits per heavy atom. The van der Waals surface area contributed by atoms with Crippen LogP contribution in [-0.4, -0.2) is 18.4 Å². The molecule has 0 bridgehead atoms. The molecule has 0 heterocycles. The fourth-order valence-electron chi connectivity index (χ4n) is 4.31. The van der Waals surface area contributed by atoms with Crippen LogP contribution in [0.1, 0.15) is 34.9 Å². The minimum absolute atomic E-state index is 0.0160. The number of hydrogen-bond donors (Lipinski definition) is 0. The van der Waals surface area contributed by atoms with Gasteiger partial charge in [0.1, 0.15) is 11.7 Å². The molecule has 1 fully saturated rings. The number of carbonyl (C=O) groups is 2. The second-order valence-corrected chi connectivity index (χ2v) is 7.50. The van der Waals surface area contributed by atoms with Crippen molar-refractivity contribution in [2.45, 2.75) is 24.7 Å². The van der Waals surface area contributed by atoms with Gasteiger partial charge in [0.25, 0.3) is 0 Å². The van der Waals surface area contributed by atoms with Gasteiger partial charge in [-0.3, -0.25) is 9.59 Å². The molecule has 1 saturated carbocycles. The predicted octanol–water partition coefficient (Wildman–Crippen LogP) is 4.93. The summed E-state index contributed by atoms with van der Waals surface area (Å²) < 4.78 is 5.58. The molecule has 0 spiro atoms. The number of benzene rings is 3. The zero-order valence-electron chi connectivity index (χ0n) is 16.2. The van der Waals surface area contributed by atoms with Crippen molar-refractivity contribution in [1.29, 1.82) is 0 Å². The molecule has 3 atom stereocenters. The van der Waals surface area contributed by atoms with Gasteiger partial charge in [0.2, 0.25) is 0 Å². The summed E-state index contributed by atoms with van der Waals surface area (Å²) in [7, 11) is 0. The van der Waals surface area contributed by atoms with E-state index in [1.54, 1.807) is 0 Å². The maximum atomic E-state index is 13.0. The fourth-order valence-corrected chi connectivity index (χ4v) is 4.31. The molecule has 3 heteroatoms. The second-order valence-electron chi connectivity index (χ2n) is 7.50. The number of Topliss-reactive ketones (excluding diaryl/α,β-unsaturated/α-hetero) is 1. The molecular formula is C26H24O3. The lowest BCUT2D eigenvalue weighted by atomic mass is 9.80. The molecule has 0 aliphatic heterocycles. The van der Waals surface area contributed by atoms with Crippen LogP contribution >= 0.6 is 0 Å². The third-order valence-corrected chi connectivity index (χ3v) is 5.70. The lowest BCUT2D eigenvalue weighted by Gasteiger charge is -2.24. The highest BCUT2D eigenvalue weighted by Gasteiger charge is 2.48. The average molecular weight is 384 g/mol. The third kappa shape index (κ3) is 4.29. The molecule has 0 unspecified atom stereocenters. The summed E-state index contributed by atoms with van der Waals surface area (Å²) in [6.45, 7) is 0.282. The Morgan fingerprint density at radius 2 is 1.34 bits per heavy atom. The number of esters is 1. The Morgan fingerprint density at radius 1 is 0.793 bits per heavy atom. The van der Waals surface area contributed by atoms with Crippen molar-refractivity contribution < 1.29 is 14.3 Å². The first-order chi connectivity index (χ1) is 14.2. The largest absolute Gasteiger partial charge is 0.465 e. The fraction of sp³-hybridized carbons (Fsp3) is 0.231. The van der Waals surface area contributed by atoms with E-state index in [9.17, 15) is 9.59 Å². The third-order valence-electron chi connectivity index (χ3n) is 5.70. The van der Waals surface area contributed by atoms with Crippen molar-refractivity contribution in [3.63, 3.8) is 0 Å². The Hall–Kier alpha value is -3.20. The van der Waals surface area contributed by atoms with Gasteiger partial charge in [-0.25, -0.2) is 0 Å². The van der Waals surface area contributed by atoms with E-state index >= 15 is 0 Å². The summed E-state index contributed by atoms with van der Waals surface area (Å²) >= 11 is 0. The maximum absolute atomic E-state index is 13.0. The van der Waals surface area contributed by atoms with Gasteiger partial charge < -0.3 is 4.74 Å². The molecule has 1 aliphatic carbocycles. The Balaban J connectivity index is 1.55. The second kappa shape index (κ2) is 8.87. The lowest BCUT2D eigenvalue weighted by Crippen LogP contribution is -2.27. The topological polar surface area (TPSA) is 43.4 Å². The van der Waals surface area contributed by atoms with Gasteiger partial charge in [0.15, 0.2) is 0 Å². The summed E-state index contributed by atoms with van der Waals surface area (Å²) in [5.74, 6) is -1.40. The number of carbonyl (C=O) groups excluding carboxylic acids is 2. The Bertz CT molecular complexity index is 951. The first kappa shape index (κ1) is 19.1. The van der Waals surface area contributed by atoms with Crippen molar-refractivity contribution >= 4 is 11.8 Å². The van der Waals surface area contributed by atoms with Crippen LogP contribution < -0.4 is 0 Å². The highest BCUT2D eigenvalue weighted by molar-refractivity contribution is 6.02. The molecule has 0 saturated heterocycles. The van der Waals surface area contributed by atoms with E-state index in [2.05, 4.69) is 0 Å². The van der Waals surface area contributed by atoms with Crippen LogP contribution in [-0.2, 0) is 20.7 Å². The van der Waals surface area contributed by atoms with E-state index in [0.29, 0.717) is 12.8 Å². The molecular weight excluding hydrogens is 360 g/mol. The molecule has 0 amide bonds. The molecule has 4 rings (SSSR count). The van der Waals surface area contributed by atoms with Crippen molar-refractivity contribution in [3.8, 4) is 0 Å². The highest BCUT2D eigenvalue weighted by Crippen LogP contribution is 2.48. The summed E-state index contributed by atoms with van der Waals surface area (Å²) in [5.41, 5.74) is 3.21. The van der Waals surface area contributed by atoms with Crippen molar-refractivity contribution in [3.05, 3.63) is 108 Å². The molecule has 3 nitrogen and oxygen atoms in total. The standard InChI is InChI=1S/C26H24O3/c27-23-18-22(20-12-6-2-7-13-20)24(21-14-8-3-9-15-21)25(23)26(28)29-17-16-19-10-4-1-5-11-19/h1-15,22,24-25H,16-18H2/t22-,24-,25+/m0/s1. The van der Waals surface area contributed by atoms with E-state index in [4.69, 9.17) is 4.74 Å². The normalized spacial score (nSPS) is 21.1. The minimum atomic E-state index is -0.752. The number of hydrogen-bond acceptors (Lipinski definition) is 3. The zero-order chi connectivity index (χ0) is 20.1. The maximum Gasteiger partial charge on any atom is 0.317 e. The van der Waals surface area contributed by atoms with E-state index < -0.39 is 11.9 Å². The minimum Gasteiger partial charge on any atom is -0.465 e. The van der Waals surface area contributed by atoms with Crippen LogP contribution in [0.4, 0.5) is 0 Å². The molecule has 3 aromatic rings. The van der Waals surface area contributed by atoms with Gasteiger partial charge in [-0.1, -0.05) is 91.0 Å². The van der Waals surface area contributed by atoms with Gasteiger partial charge in [0, 0.05) is 18.8 Å². The predicted molar refractivity (Wildman–Crippen MR) is 113 cm³/mol. The van der Waals surface area contributed by atoms with Crippen LogP contribution in [0.15, 0.2) is 91.0 Å². The molecule has 3 aromatic carbocycles. The Kier molecular flexibility index (Phi) is 5.85. The molecule has 1 aliphatic rings. The monoisotopic (exact) mass is 384 g/mol. The van der Waals surface area contributed by atoms with Crippen LogP contribution in [0, 0.1) is 5.92 Å². The number of ketones is 1. The molecule has 0 N–H and O–H groups in total. The highest BCUT2D eigenvalue weighted by atomic mass is 16.5. The van der Waals surface area contributed by atoms with E-state index in [0.717, 1.165) is 16.7 Å². The number of rotatable bonds is 6. The van der Waals surface area contributed by atoms with E-state index in [1.165, 1.54) is 0 Å². The molecule has 0 aromatic heterocycles. The lowest BCUT2D eigenvalue weighted by molar-refractivity contribution is -0.151. The van der Waals surface area contributed by atoms with E-state index in [1.807, 2.05) is 91.0 Å². The first-order valence-corrected chi connectivity index (χ1v) is 10.1. The smallest absolute Gasteiger partial charge is 0.317 e. The van der Waals surface area contributed by atoms with Crippen molar-refractivity contribution in [1.82, 2.24) is 0 Å². The summed E-state index contributed by atoms with van der Waals surface area (Å²) in [6.07, 6.45) is 1.01. The van der Waals surface area contributed by atoms with Crippen molar-refractivity contribution in [2.24, 2.45) is 5.92 Å². The van der Waals surface area contributed by atoms with Crippen LogP contribution in [0.2, 0.25) is 0 Å². The molecule has 0 radical (unpaired) electrons. The van der Waals surface area contributed by atoms with Crippen molar-refractivity contribution in [2.75, 3.05) is 6.61 Å². The quantitative estimate of drug-likeness (QED) is 0.447. The van der Waals surface area contributed by atoms with Gasteiger partial charge >= 0.3 is 5.97 Å². The van der Waals surface area contributed by atoms with Crippen LogP contribution in [0.3, 0.4) is 0 Å². The van der Waals surface area contributed by atoms with Crippen LogP contribution in [0.5, 0.6) is 0 Å². The summed E-state index contributed by atoms with van der Waals surface area (Å²) in [4.78, 5) is 25.9. The molecule has 146 valence electrons.